The fraction of sp³-hybridized carbons (Fsp3) is 0.939. The minimum Gasteiger partial charge on any atom is -0.463 e. The van der Waals surface area contributed by atoms with Crippen LogP contribution in [0.2, 0.25) is 0 Å². The highest BCUT2D eigenvalue weighted by Crippen LogP contribution is 2.07. The first-order valence-corrected chi connectivity index (χ1v) is 17.2. The molecule has 0 aromatic rings. The van der Waals surface area contributed by atoms with Crippen molar-refractivity contribution < 1.29 is 66.4 Å². The second-order valence-electron chi connectivity index (χ2n) is 10.2. The van der Waals surface area contributed by atoms with Gasteiger partial charge in [0.25, 0.3) is 0 Å². The summed E-state index contributed by atoms with van der Waals surface area (Å²) in [6.07, 6.45) is 7.40. The molecular formula is C33H64O14. The maximum atomic E-state index is 11.7. The topological polar surface area (TPSA) is 145 Å². The smallest absolute Gasteiger partial charge is 0.305 e. The van der Waals surface area contributed by atoms with Crippen molar-refractivity contribution in [1.82, 2.24) is 0 Å². The van der Waals surface area contributed by atoms with Gasteiger partial charge in [0.05, 0.1) is 132 Å². The van der Waals surface area contributed by atoms with Crippen molar-refractivity contribution >= 4 is 11.9 Å². The second-order valence-corrected chi connectivity index (χ2v) is 10.2. The van der Waals surface area contributed by atoms with Gasteiger partial charge in [-0.15, -0.1) is 0 Å². The molecule has 0 N–H and O–H groups in total. The number of rotatable bonds is 40. The lowest BCUT2D eigenvalue weighted by Crippen LogP contribution is -2.15. The molecule has 0 rings (SSSR count). The van der Waals surface area contributed by atoms with E-state index in [0.717, 1.165) is 12.8 Å². The van der Waals surface area contributed by atoms with Crippen LogP contribution in [0.3, 0.4) is 0 Å². The highest BCUT2D eigenvalue weighted by Gasteiger charge is 2.03. The SMILES string of the molecule is CCCCCCCCC(=O)OCCOCCOCCOCCOCCOCCOCCOCCOCCOCCOCCOC(C)=O. The molecule has 0 radical (unpaired) electrons. The number of ether oxygens (including phenoxy) is 12. The highest BCUT2D eigenvalue weighted by molar-refractivity contribution is 5.69. The molecule has 0 aromatic carbocycles. The van der Waals surface area contributed by atoms with Crippen molar-refractivity contribution in [2.45, 2.75) is 58.8 Å². The molecule has 0 aliphatic rings. The lowest BCUT2D eigenvalue weighted by atomic mass is 10.1. The van der Waals surface area contributed by atoms with E-state index < -0.39 is 0 Å². The van der Waals surface area contributed by atoms with Crippen molar-refractivity contribution in [1.29, 1.82) is 0 Å². The lowest BCUT2D eigenvalue weighted by molar-refractivity contribution is -0.145. The van der Waals surface area contributed by atoms with Crippen LogP contribution in [-0.2, 0) is 66.4 Å². The molecule has 0 aliphatic heterocycles. The lowest BCUT2D eigenvalue weighted by Gasteiger charge is -2.09. The molecule has 280 valence electrons. The Hall–Kier alpha value is -1.46. The zero-order valence-electron chi connectivity index (χ0n) is 29.2. The van der Waals surface area contributed by atoms with Gasteiger partial charge in [0.1, 0.15) is 13.2 Å². The summed E-state index contributed by atoms with van der Waals surface area (Å²) in [6.45, 7) is 13.5. The van der Waals surface area contributed by atoms with E-state index in [1.807, 2.05) is 0 Å². The predicted molar refractivity (Wildman–Crippen MR) is 174 cm³/mol. The molecule has 0 saturated heterocycles. The van der Waals surface area contributed by atoms with Gasteiger partial charge in [-0.2, -0.15) is 0 Å². The summed E-state index contributed by atoms with van der Waals surface area (Å²) >= 11 is 0. The second kappa shape index (κ2) is 40.7. The molecule has 0 unspecified atom stereocenters. The van der Waals surface area contributed by atoms with Crippen LogP contribution >= 0.6 is 0 Å². The van der Waals surface area contributed by atoms with Crippen molar-refractivity contribution in [2.75, 3.05) is 145 Å². The van der Waals surface area contributed by atoms with Gasteiger partial charge < -0.3 is 56.8 Å². The van der Waals surface area contributed by atoms with Crippen molar-refractivity contribution in [3.8, 4) is 0 Å². The summed E-state index contributed by atoms with van der Waals surface area (Å²) in [5.74, 6) is -0.460. The molecule has 47 heavy (non-hydrogen) atoms. The quantitative estimate of drug-likeness (QED) is 0.0689. The van der Waals surface area contributed by atoms with Gasteiger partial charge in [-0.25, -0.2) is 0 Å². The number of carbonyl (C=O) groups excluding carboxylic acids is 2. The van der Waals surface area contributed by atoms with Crippen LogP contribution in [0.1, 0.15) is 58.8 Å². The fourth-order valence-electron chi connectivity index (χ4n) is 3.66. The molecule has 14 heteroatoms. The van der Waals surface area contributed by atoms with E-state index in [2.05, 4.69) is 6.92 Å². The van der Waals surface area contributed by atoms with Gasteiger partial charge in [-0.3, -0.25) is 9.59 Å². The van der Waals surface area contributed by atoms with Crippen LogP contribution < -0.4 is 0 Å². The van der Waals surface area contributed by atoms with E-state index in [0.29, 0.717) is 139 Å². The molecule has 0 spiro atoms. The van der Waals surface area contributed by atoms with Gasteiger partial charge >= 0.3 is 11.9 Å². The first-order chi connectivity index (χ1) is 23.2. The maximum Gasteiger partial charge on any atom is 0.305 e. The van der Waals surface area contributed by atoms with Crippen LogP contribution in [0.25, 0.3) is 0 Å². The zero-order valence-corrected chi connectivity index (χ0v) is 29.2. The average molecular weight is 685 g/mol. The summed E-state index contributed by atoms with van der Waals surface area (Å²) in [4.78, 5) is 22.3. The average Bonchev–Trinajstić information content (AvgIpc) is 3.06. The van der Waals surface area contributed by atoms with E-state index in [1.54, 1.807) is 0 Å². The largest absolute Gasteiger partial charge is 0.463 e. The molecule has 0 saturated carbocycles. The van der Waals surface area contributed by atoms with Gasteiger partial charge in [0.2, 0.25) is 0 Å². The summed E-state index contributed by atoms with van der Waals surface area (Å²) in [7, 11) is 0. The molecule has 0 atom stereocenters. The fourth-order valence-corrected chi connectivity index (χ4v) is 3.66. The zero-order chi connectivity index (χ0) is 34.1. The third kappa shape index (κ3) is 42.5. The van der Waals surface area contributed by atoms with Crippen molar-refractivity contribution in [2.24, 2.45) is 0 Å². The molecule has 0 fully saturated rings. The van der Waals surface area contributed by atoms with Crippen LogP contribution in [0.15, 0.2) is 0 Å². The van der Waals surface area contributed by atoms with Gasteiger partial charge in [0, 0.05) is 13.3 Å². The molecule has 0 aliphatic carbocycles. The summed E-state index contributed by atoms with van der Waals surface area (Å²) in [5, 5.41) is 0. The van der Waals surface area contributed by atoms with Crippen molar-refractivity contribution in [3.63, 3.8) is 0 Å². The number of unbranched alkanes of at least 4 members (excludes halogenated alkanes) is 5. The minimum absolute atomic E-state index is 0.147. The Morgan fingerprint density at radius 3 is 0.894 bits per heavy atom. The molecule has 0 heterocycles. The Morgan fingerprint density at radius 1 is 0.340 bits per heavy atom. The van der Waals surface area contributed by atoms with E-state index in [-0.39, 0.29) is 25.2 Å². The van der Waals surface area contributed by atoms with Crippen LogP contribution in [-0.4, -0.2) is 157 Å². The molecule has 0 aromatic heterocycles. The van der Waals surface area contributed by atoms with Crippen LogP contribution in [0.5, 0.6) is 0 Å². The number of hydrogen-bond acceptors (Lipinski definition) is 14. The van der Waals surface area contributed by atoms with Gasteiger partial charge in [-0.1, -0.05) is 39.0 Å². The first kappa shape index (κ1) is 45.5. The third-order valence-corrected chi connectivity index (χ3v) is 6.11. The summed E-state index contributed by atoms with van der Waals surface area (Å²) in [6, 6.07) is 0. The minimum atomic E-state index is -0.313. The normalized spacial score (nSPS) is 11.3. The highest BCUT2D eigenvalue weighted by atomic mass is 16.6. The monoisotopic (exact) mass is 684 g/mol. The summed E-state index contributed by atoms with van der Waals surface area (Å²) < 4.78 is 64.2. The standard InChI is InChI=1S/C33H64O14/c1-3-4-5-6-7-8-9-33(35)47-31-29-45-27-25-43-23-21-41-19-17-39-15-13-37-11-10-36-12-14-38-16-18-40-20-22-42-24-26-44-28-30-46-32(2)34/h3-31H2,1-2H3. The molecule has 0 amide bonds. The van der Waals surface area contributed by atoms with Crippen LogP contribution in [0, 0.1) is 0 Å². The Bertz CT molecular complexity index is 640. The molecule has 0 bridgehead atoms. The van der Waals surface area contributed by atoms with E-state index in [1.165, 1.54) is 32.6 Å². The number of hydrogen-bond donors (Lipinski definition) is 0. The third-order valence-electron chi connectivity index (χ3n) is 6.11. The van der Waals surface area contributed by atoms with Gasteiger partial charge in [-0.05, 0) is 6.42 Å². The molecular weight excluding hydrogens is 620 g/mol. The Kier molecular flexibility index (Phi) is 39.4. The summed E-state index contributed by atoms with van der Waals surface area (Å²) in [5.41, 5.74) is 0. The Morgan fingerprint density at radius 2 is 0.596 bits per heavy atom. The molecule has 14 nitrogen and oxygen atoms in total. The maximum absolute atomic E-state index is 11.7. The Labute approximate surface area is 282 Å². The van der Waals surface area contributed by atoms with Gasteiger partial charge in [0.15, 0.2) is 0 Å². The van der Waals surface area contributed by atoms with E-state index in [9.17, 15) is 9.59 Å². The van der Waals surface area contributed by atoms with Crippen molar-refractivity contribution in [3.05, 3.63) is 0 Å². The number of esters is 2. The first-order valence-electron chi connectivity index (χ1n) is 17.2. The predicted octanol–water partition coefficient (Wildman–Crippen LogP) is 3.01. The van der Waals surface area contributed by atoms with Crippen LogP contribution in [0.4, 0.5) is 0 Å². The number of carbonyl (C=O) groups is 2. The van der Waals surface area contributed by atoms with E-state index in [4.69, 9.17) is 56.8 Å². The Balaban J connectivity index is 3.10. The van der Waals surface area contributed by atoms with E-state index >= 15 is 0 Å².